The minimum atomic E-state index is -2.81. The molecule has 6 heteroatoms. The molecule has 116 valence electrons. The lowest BCUT2D eigenvalue weighted by Gasteiger charge is -2.19. The second-order valence-corrected chi connectivity index (χ2v) is 7.90. The zero-order valence-corrected chi connectivity index (χ0v) is 13.4. The number of rotatable bonds is 4. The first-order chi connectivity index (χ1) is 9.96. The van der Waals surface area contributed by atoms with E-state index in [1.807, 2.05) is 49.3 Å². The highest BCUT2D eigenvalue weighted by Gasteiger charge is 2.27. The lowest BCUT2D eigenvalue weighted by atomic mass is 10.1. The van der Waals surface area contributed by atoms with E-state index < -0.39 is 9.84 Å². The Morgan fingerprint density at radius 1 is 1.33 bits per heavy atom. The van der Waals surface area contributed by atoms with Gasteiger partial charge in [-0.05, 0) is 17.9 Å². The highest BCUT2D eigenvalue weighted by atomic mass is 32.2. The molecule has 0 amide bonds. The Labute approximate surface area is 127 Å². The Morgan fingerprint density at radius 3 is 2.62 bits per heavy atom. The summed E-state index contributed by atoms with van der Waals surface area (Å²) in [7, 11) is 1.05. The predicted octanol–water partition coefficient (Wildman–Crippen LogP) is 1.13. The van der Waals surface area contributed by atoms with Gasteiger partial charge in [-0.15, -0.1) is 0 Å². The van der Waals surface area contributed by atoms with Crippen LogP contribution in [0.2, 0.25) is 0 Å². The van der Waals surface area contributed by atoms with E-state index in [-0.39, 0.29) is 5.92 Å². The average Bonchev–Trinajstić information content (AvgIpc) is 2.79. The van der Waals surface area contributed by atoms with Gasteiger partial charge in [0.1, 0.15) is 0 Å². The molecule has 1 aliphatic heterocycles. The van der Waals surface area contributed by atoms with Gasteiger partial charge in [0.2, 0.25) is 0 Å². The fraction of sp³-hybridized carbons (Fsp3) is 0.533. The van der Waals surface area contributed by atoms with Crippen LogP contribution in [0.3, 0.4) is 0 Å². The number of benzene rings is 1. The maximum absolute atomic E-state index is 11.5. The van der Waals surface area contributed by atoms with Gasteiger partial charge in [0, 0.05) is 20.6 Å². The molecule has 21 heavy (non-hydrogen) atoms. The molecule has 0 radical (unpaired) electrons. The van der Waals surface area contributed by atoms with E-state index in [4.69, 9.17) is 0 Å². The van der Waals surface area contributed by atoms with Crippen LogP contribution in [0.15, 0.2) is 35.3 Å². The first-order valence-corrected chi connectivity index (χ1v) is 8.98. The monoisotopic (exact) mass is 309 g/mol. The van der Waals surface area contributed by atoms with Crippen molar-refractivity contribution >= 4 is 15.8 Å². The summed E-state index contributed by atoms with van der Waals surface area (Å²) in [6.07, 6.45) is 0.745. The van der Waals surface area contributed by atoms with Crippen LogP contribution in [0, 0.1) is 5.92 Å². The van der Waals surface area contributed by atoms with Crippen molar-refractivity contribution in [2.45, 2.75) is 13.0 Å². The normalized spacial score (nSPS) is 21.2. The van der Waals surface area contributed by atoms with Gasteiger partial charge in [-0.2, -0.15) is 0 Å². The minimum Gasteiger partial charge on any atom is -0.356 e. The summed E-state index contributed by atoms with van der Waals surface area (Å²) in [5.74, 6) is 1.59. The van der Waals surface area contributed by atoms with Crippen LogP contribution in [0.5, 0.6) is 0 Å². The molecule has 1 fully saturated rings. The van der Waals surface area contributed by atoms with Gasteiger partial charge in [0.05, 0.1) is 18.1 Å². The third-order valence-corrected chi connectivity index (χ3v) is 5.39. The first-order valence-electron chi connectivity index (χ1n) is 7.16. The molecule has 1 aliphatic rings. The van der Waals surface area contributed by atoms with Gasteiger partial charge >= 0.3 is 0 Å². The Kier molecular flexibility index (Phi) is 5.22. The zero-order chi connectivity index (χ0) is 15.3. The molecule has 2 rings (SSSR count). The van der Waals surface area contributed by atoms with E-state index in [0.717, 1.165) is 17.9 Å². The Bertz CT molecular complexity index is 582. The molecule has 5 nitrogen and oxygen atoms in total. The van der Waals surface area contributed by atoms with Crippen LogP contribution in [-0.2, 0) is 16.4 Å². The lowest BCUT2D eigenvalue weighted by molar-refractivity contribution is 0.528. The Hall–Kier alpha value is -1.56. The van der Waals surface area contributed by atoms with E-state index in [1.54, 1.807) is 0 Å². The van der Waals surface area contributed by atoms with Crippen molar-refractivity contribution in [2.75, 3.05) is 32.1 Å². The van der Waals surface area contributed by atoms with Crippen LogP contribution < -0.4 is 5.32 Å². The van der Waals surface area contributed by atoms with Crippen molar-refractivity contribution in [2.24, 2.45) is 10.9 Å². The first kappa shape index (κ1) is 15.8. The standard InChI is InChI=1S/C15H23N3O2S/c1-18(2)15(16-10-13-6-4-3-5-7-13)17-11-14-8-9-21(19,20)12-14/h3-7,14H,8-12H2,1-2H3,(H,16,17). The van der Waals surface area contributed by atoms with Crippen molar-refractivity contribution < 1.29 is 8.42 Å². The van der Waals surface area contributed by atoms with Crippen molar-refractivity contribution in [3.05, 3.63) is 35.9 Å². The summed E-state index contributed by atoms with van der Waals surface area (Å²) in [6.45, 7) is 1.27. The highest BCUT2D eigenvalue weighted by molar-refractivity contribution is 7.91. The van der Waals surface area contributed by atoms with Gasteiger partial charge in [-0.3, -0.25) is 0 Å². The molecule has 0 spiro atoms. The largest absolute Gasteiger partial charge is 0.356 e. The lowest BCUT2D eigenvalue weighted by Crippen LogP contribution is -2.39. The van der Waals surface area contributed by atoms with Gasteiger partial charge in [0.15, 0.2) is 15.8 Å². The molecule has 0 aromatic heterocycles. The van der Waals surface area contributed by atoms with Crippen molar-refractivity contribution in [3.8, 4) is 0 Å². The van der Waals surface area contributed by atoms with E-state index >= 15 is 0 Å². The van der Waals surface area contributed by atoms with Crippen LogP contribution in [0.4, 0.5) is 0 Å². The van der Waals surface area contributed by atoms with Crippen molar-refractivity contribution in [3.63, 3.8) is 0 Å². The zero-order valence-electron chi connectivity index (χ0n) is 12.6. The summed E-state index contributed by atoms with van der Waals surface area (Å²) >= 11 is 0. The van der Waals surface area contributed by atoms with E-state index in [1.165, 1.54) is 0 Å². The Morgan fingerprint density at radius 2 is 2.05 bits per heavy atom. The predicted molar refractivity (Wildman–Crippen MR) is 86.0 cm³/mol. The van der Waals surface area contributed by atoms with Crippen LogP contribution in [0.1, 0.15) is 12.0 Å². The average molecular weight is 309 g/mol. The van der Waals surface area contributed by atoms with E-state index in [2.05, 4.69) is 10.3 Å². The van der Waals surface area contributed by atoms with Gasteiger partial charge < -0.3 is 10.2 Å². The van der Waals surface area contributed by atoms with Gasteiger partial charge in [0.25, 0.3) is 0 Å². The fourth-order valence-corrected chi connectivity index (χ4v) is 4.24. The summed E-state index contributed by atoms with van der Waals surface area (Å²) in [5.41, 5.74) is 1.15. The van der Waals surface area contributed by atoms with Crippen molar-refractivity contribution in [1.82, 2.24) is 10.2 Å². The van der Waals surface area contributed by atoms with Crippen LogP contribution in [-0.4, -0.2) is 51.4 Å². The molecule has 0 saturated carbocycles. The number of nitrogens with zero attached hydrogens (tertiary/aromatic N) is 2. The molecule has 1 aromatic rings. The molecule has 0 bridgehead atoms. The molecule has 1 saturated heterocycles. The van der Waals surface area contributed by atoms with Crippen LogP contribution in [0.25, 0.3) is 0 Å². The number of guanidine groups is 1. The van der Waals surface area contributed by atoms with E-state index in [9.17, 15) is 8.42 Å². The topological polar surface area (TPSA) is 61.8 Å². The molecular formula is C15H23N3O2S. The molecule has 0 aliphatic carbocycles. The number of sulfone groups is 1. The second kappa shape index (κ2) is 6.93. The second-order valence-electron chi connectivity index (χ2n) is 5.67. The molecule has 1 heterocycles. The Balaban J connectivity index is 1.90. The molecular weight excluding hydrogens is 286 g/mol. The molecule has 1 unspecified atom stereocenters. The van der Waals surface area contributed by atoms with Crippen LogP contribution >= 0.6 is 0 Å². The summed E-state index contributed by atoms with van der Waals surface area (Å²) in [5, 5.41) is 3.28. The number of nitrogens with one attached hydrogen (secondary N) is 1. The maximum atomic E-state index is 11.5. The SMILES string of the molecule is CN(C)C(=NCc1ccccc1)NCC1CCS(=O)(=O)C1. The third kappa shape index (κ3) is 5.04. The fourth-order valence-electron chi connectivity index (χ4n) is 2.37. The highest BCUT2D eigenvalue weighted by Crippen LogP contribution is 2.17. The molecule has 1 aromatic carbocycles. The minimum absolute atomic E-state index is 0.192. The number of hydrogen-bond donors (Lipinski definition) is 1. The smallest absolute Gasteiger partial charge is 0.193 e. The summed E-state index contributed by atoms with van der Waals surface area (Å²) < 4.78 is 22.9. The van der Waals surface area contributed by atoms with Gasteiger partial charge in [-0.25, -0.2) is 13.4 Å². The number of hydrogen-bond acceptors (Lipinski definition) is 3. The maximum Gasteiger partial charge on any atom is 0.193 e. The molecule has 1 atom stereocenters. The number of aliphatic imine (C=N–C) groups is 1. The van der Waals surface area contributed by atoms with E-state index in [0.29, 0.717) is 24.6 Å². The summed E-state index contributed by atoms with van der Waals surface area (Å²) in [6, 6.07) is 10.1. The summed E-state index contributed by atoms with van der Waals surface area (Å²) in [4.78, 5) is 6.50. The quantitative estimate of drug-likeness (QED) is 0.669. The van der Waals surface area contributed by atoms with Crippen molar-refractivity contribution in [1.29, 1.82) is 0 Å². The van der Waals surface area contributed by atoms with Gasteiger partial charge in [-0.1, -0.05) is 30.3 Å². The third-order valence-electron chi connectivity index (χ3n) is 3.55. The molecule has 1 N–H and O–H groups in total.